The van der Waals surface area contributed by atoms with Crippen LogP contribution in [0.4, 0.5) is 5.95 Å². The van der Waals surface area contributed by atoms with Gasteiger partial charge in [0.05, 0.1) is 11.9 Å². The fourth-order valence-corrected chi connectivity index (χ4v) is 3.65. The number of aryl methyl sites for hydroxylation is 2. The molecule has 2 aromatic rings. The number of aromatic nitrogens is 4. The van der Waals surface area contributed by atoms with E-state index in [1.54, 1.807) is 23.1 Å². The van der Waals surface area contributed by atoms with Gasteiger partial charge in [0.25, 0.3) is 0 Å². The molecular formula is C12H22N6O2S. The minimum absolute atomic E-state index is 0.357. The van der Waals surface area contributed by atoms with Crippen LogP contribution in [0.15, 0.2) is 0 Å². The Morgan fingerprint density at radius 2 is 2.00 bits per heavy atom. The van der Waals surface area contributed by atoms with Crippen molar-refractivity contribution >= 4 is 27.1 Å². The number of anilines is 1. The van der Waals surface area contributed by atoms with Crippen LogP contribution in [0.2, 0.25) is 0 Å². The van der Waals surface area contributed by atoms with E-state index in [9.17, 15) is 8.42 Å². The Labute approximate surface area is 124 Å². The van der Waals surface area contributed by atoms with Gasteiger partial charge in [0.2, 0.25) is 16.0 Å². The molecule has 0 aliphatic rings. The van der Waals surface area contributed by atoms with E-state index in [4.69, 9.17) is 5.73 Å². The number of rotatable bonds is 5. The molecule has 9 heteroatoms. The zero-order chi connectivity index (χ0) is 16.0. The summed E-state index contributed by atoms with van der Waals surface area (Å²) < 4.78 is 29.0. The van der Waals surface area contributed by atoms with E-state index in [0.29, 0.717) is 12.5 Å². The number of hydrogen-bond donors (Lipinski definition) is 2. The third-order valence-electron chi connectivity index (χ3n) is 3.17. The van der Waals surface area contributed by atoms with E-state index < -0.39 is 15.6 Å². The first-order chi connectivity index (χ1) is 9.54. The fourth-order valence-electron chi connectivity index (χ4n) is 2.58. The highest BCUT2D eigenvalue weighted by Crippen LogP contribution is 2.23. The first kappa shape index (κ1) is 15.8. The number of sulfonamides is 1. The molecule has 21 heavy (non-hydrogen) atoms. The maximum Gasteiger partial charge on any atom is 0.209 e. The van der Waals surface area contributed by atoms with E-state index in [0.717, 1.165) is 29.5 Å². The molecule has 0 spiro atoms. The summed E-state index contributed by atoms with van der Waals surface area (Å²) in [6.45, 7) is 5.98. The first-order valence-corrected chi connectivity index (χ1v) is 8.60. The molecule has 0 radical (unpaired) electrons. The molecule has 8 nitrogen and oxygen atoms in total. The topological polar surface area (TPSA) is 108 Å². The predicted octanol–water partition coefficient (Wildman–Crippen LogP) is 0.242. The van der Waals surface area contributed by atoms with E-state index in [1.165, 1.54) is 0 Å². The molecule has 0 saturated carbocycles. The Kier molecular flexibility index (Phi) is 3.75. The Morgan fingerprint density at radius 1 is 1.38 bits per heavy atom. The van der Waals surface area contributed by atoms with Crippen LogP contribution in [0.25, 0.3) is 11.2 Å². The molecule has 0 aliphatic carbocycles. The monoisotopic (exact) mass is 314 g/mol. The average Bonchev–Trinajstić information content (AvgIpc) is 2.75. The SMILES string of the molecule is CCc1nn(C)c2c1nc(N)n2CC(C)(C)NS(C)(=O)=O. The largest absolute Gasteiger partial charge is 0.369 e. The summed E-state index contributed by atoms with van der Waals surface area (Å²) in [5.41, 5.74) is 7.76. The van der Waals surface area contributed by atoms with Crippen molar-refractivity contribution in [3.8, 4) is 0 Å². The van der Waals surface area contributed by atoms with Crippen LogP contribution in [0.3, 0.4) is 0 Å². The smallest absolute Gasteiger partial charge is 0.209 e. The molecule has 3 N–H and O–H groups in total. The molecule has 0 bridgehead atoms. The van der Waals surface area contributed by atoms with Crippen molar-refractivity contribution in [2.24, 2.45) is 7.05 Å². The van der Waals surface area contributed by atoms with E-state index in [-0.39, 0.29) is 0 Å². The summed E-state index contributed by atoms with van der Waals surface area (Å²) in [5, 5.41) is 4.41. The lowest BCUT2D eigenvalue weighted by atomic mass is 10.1. The average molecular weight is 314 g/mol. The second kappa shape index (κ2) is 4.99. The zero-order valence-electron chi connectivity index (χ0n) is 13.0. The second-order valence-electron chi connectivity index (χ2n) is 5.91. The third kappa shape index (κ3) is 3.18. The highest BCUT2D eigenvalue weighted by molar-refractivity contribution is 7.88. The van der Waals surface area contributed by atoms with Gasteiger partial charge in [-0.2, -0.15) is 5.10 Å². The van der Waals surface area contributed by atoms with Crippen molar-refractivity contribution in [1.82, 2.24) is 24.1 Å². The zero-order valence-corrected chi connectivity index (χ0v) is 13.8. The fraction of sp³-hybridized carbons (Fsp3) is 0.667. The number of imidazole rings is 1. The Balaban J connectivity index is 2.47. The number of fused-ring (bicyclic) bond motifs is 1. The van der Waals surface area contributed by atoms with Crippen molar-refractivity contribution in [1.29, 1.82) is 0 Å². The van der Waals surface area contributed by atoms with Crippen molar-refractivity contribution in [2.45, 2.75) is 39.3 Å². The molecule has 0 atom stereocenters. The summed E-state index contributed by atoms with van der Waals surface area (Å²) in [6.07, 6.45) is 1.90. The van der Waals surface area contributed by atoms with Gasteiger partial charge < -0.3 is 5.73 Å². The van der Waals surface area contributed by atoms with Crippen LogP contribution in [-0.2, 0) is 30.0 Å². The van der Waals surface area contributed by atoms with Crippen molar-refractivity contribution < 1.29 is 8.42 Å². The van der Waals surface area contributed by atoms with Crippen LogP contribution >= 0.6 is 0 Å². The van der Waals surface area contributed by atoms with Gasteiger partial charge in [-0.25, -0.2) is 18.1 Å². The summed E-state index contributed by atoms with van der Waals surface area (Å²) in [6, 6.07) is 0. The van der Waals surface area contributed by atoms with Crippen molar-refractivity contribution in [2.75, 3.05) is 12.0 Å². The van der Waals surface area contributed by atoms with Crippen LogP contribution in [-0.4, -0.2) is 39.5 Å². The quantitative estimate of drug-likeness (QED) is 0.822. The third-order valence-corrected chi connectivity index (χ3v) is 4.09. The van der Waals surface area contributed by atoms with E-state index >= 15 is 0 Å². The summed E-state index contributed by atoms with van der Waals surface area (Å²) in [7, 11) is -1.48. The van der Waals surface area contributed by atoms with Crippen LogP contribution < -0.4 is 10.5 Å². The summed E-state index contributed by atoms with van der Waals surface area (Å²) in [4.78, 5) is 4.37. The van der Waals surface area contributed by atoms with Gasteiger partial charge in [-0.05, 0) is 20.3 Å². The molecule has 0 aliphatic heterocycles. The molecule has 2 rings (SSSR count). The molecule has 2 aromatic heterocycles. The Bertz CT molecular complexity index is 771. The number of hydrogen-bond acceptors (Lipinski definition) is 5. The van der Waals surface area contributed by atoms with Crippen LogP contribution in [0.1, 0.15) is 26.5 Å². The number of nitrogens with zero attached hydrogens (tertiary/aromatic N) is 4. The van der Waals surface area contributed by atoms with Gasteiger partial charge in [-0.15, -0.1) is 0 Å². The molecule has 2 heterocycles. The molecule has 0 aromatic carbocycles. The Morgan fingerprint density at radius 3 is 2.52 bits per heavy atom. The minimum atomic E-state index is -3.31. The lowest BCUT2D eigenvalue weighted by Gasteiger charge is -2.26. The molecule has 118 valence electrons. The lowest BCUT2D eigenvalue weighted by Crippen LogP contribution is -2.46. The highest BCUT2D eigenvalue weighted by Gasteiger charge is 2.26. The maximum absolute atomic E-state index is 11.5. The van der Waals surface area contributed by atoms with Gasteiger partial charge in [-0.1, -0.05) is 6.92 Å². The summed E-state index contributed by atoms with van der Waals surface area (Å²) >= 11 is 0. The first-order valence-electron chi connectivity index (χ1n) is 6.70. The Hall–Kier alpha value is -1.61. The molecule has 0 saturated heterocycles. The molecule has 0 amide bonds. The van der Waals surface area contributed by atoms with E-state index in [1.807, 2.05) is 14.0 Å². The van der Waals surface area contributed by atoms with Gasteiger partial charge >= 0.3 is 0 Å². The highest BCUT2D eigenvalue weighted by atomic mass is 32.2. The van der Waals surface area contributed by atoms with Crippen molar-refractivity contribution in [3.63, 3.8) is 0 Å². The number of nitrogens with one attached hydrogen (secondary N) is 1. The van der Waals surface area contributed by atoms with Gasteiger partial charge in [0.15, 0.2) is 5.65 Å². The van der Waals surface area contributed by atoms with Gasteiger partial charge in [0, 0.05) is 19.1 Å². The van der Waals surface area contributed by atoms with Crippen LogP contribution in [0.5, 0.6) is 0 Å². The second-order valence-corrected chi connectivity index (χ2v) is 7.66. The van der Waals surface area contributed by atoms with Gasteiger partial charge in [0.1, 0.15) is 5.52 Å². The lowest BCUT2D eigenvalue weighted by molar-refractivity contribution is 0.396. The molecule has 0 fully saturated rings. The predicted molar refractivity (Wildman–Crippen MR) is 82.3 cm³/mol. The number of nitrogens with two attached hydrogens (primary N) is 1. The van der Waals surface area contributed by atoms with Crippen molar-refractivity contribution in [3.05, 3.63) is 5.69 Å². The molecular weight excluding hydrogens is 292 g/mol. The molecule has 0 unspecified atom stereocenters. The standard InChI is InChI=1S/C12H22N6O2S/c1-6-8-9-10(17(4)15-8)18(11(13)14-9)7-12(2,3)16-21(5,19)20/h16H,6-7H2,1-5H3,(H2,13,14). The van der Waals surface area contributed by atoms with Gasteiger partial charge in [-0.3, -0.25) is 9.25 Å². The summed E-state index contributed by atoms with van der Waals surface area (Å²) in [5.74, 6) is 0.357. The van der Waals surface area contributed by atoms with Crippen LogP contribution in [0, 0.1) is 0 Å². The number of nitrogen functional groups attached to an aromatic ring is 1. The van der Waals surface area contributed by atoms with E-state index in [2.05, 4.69) is 14.8 Å². The normalized spacial score (nSPS) is 13.2. The maximum atomic E-state index is 11.5. The minimum Gasteiger partial charge on any atom is -0.369 e.